The highest BCUT2D eigenvalue weighted by Gasteiger charge is 2.14. The van der Waals surface area contributed by atoms with Crippen LogP contribution in [-0.4, -0.2) is 48.2 Å². The van der Waals surface area contributed by atoms with Gasteiger partial charge in [-0.1, -0.05) is 11.3 Å². The van der Waals surface area contributed by atoms with Crippen molar-refractivity contribution in [3.63, 3.8) is 0 Å². The fourth-order valence-corrected chi connectivity index (χ4v) is 3.62. The molecule has 9 heteroatoms. The Hall–Kier alpha value is -2.65. The lowest BCUT2D eigenvalue weighted by Gasteiger charge is -2.09. The van der Waals surface area contributed by atoms with E-state index in [-0.39, 0.29) is 5.91 Å². The van der Waals surface area contributed by atoms with Gasteiger partial charge < -0.3 is 18.8 Å². The summed E-state index contributed by atoms with van der Waals surface area (Å²) in [6.07, 6.45) is 1.71. The zero-order chi connectivity index (χ0) is 18.7. The largest absolute Gasteiger partial charge is 0.493 e. The van der Waals surface area contributed by atoms with Crippen LogP contribution in [0.25, 0.3) is 10.2 Å². The molecule has 0 radical (unpaired) electrons. The summed E-state index contributed by atoms with van der Waals surface area (Å²) < 4.78 is 20.4. The minimum absolute atomic E-state index is 0.304. The number of thiazole rings is 1. The average Bonchev–Trinajstić information content (AvgIpc) is 3.21. The summed E-state index contributed by atoms with van der Waals surface area (Å²) >= 11 is 1.40. The molecule has 26 heavy (non-hydrogen) atoms. The van der Waals surface area contributed by atoms with Crippen LogP contribution in [0.2, 0.25) is 0 Å². The molecule has 1 amide bonds. The normalized spacial score (nSPS) is 11.9. The molecule has 0 aliphatic rings. The molecule has 0 unspecified atom stereocenters. The molecule has 0 saturated carbocycles. The molecule has 0 spiro atoms. The molecule has 3 aromatic rings. The molecule has 0 atom stereocenters. The second-order valence-corrected chi connectivity index (χ2v) is 6.50. The third kappa shape index (κ3) is 3.49. The Morgan fingerprint density at radius 3 is 2.58 bits per heavy atom. The van der Waals surface area contributed by atoms with Gasteiger partial charge >= 0.3 is 0 Å². The quantitative estimate of drug-likeness (QED) is 0.656. The molecule has 0 fully saturated rings. The van der Waals surface area contributed by atoms with Gasteiger partial charge in [0, 0.05) is 39.0 Å². The second kappa shape index (κ2) is 7.71. The topological polar surface area (TPSA) is 79.9 Å². The van der Waals surface area contributed by atoms with Gasteiger partial charge in [-0.3, -0.25) is 9.48 Å². The van der Waals surface area contributed by atoms with Gasteiger partial charge in [0.2, 0.25) is 0 Å². The molecule has 2 aromatic heterocycles. The first-order valence-electron chi connectivity index (χ1n) is 7.90. The standard InChI is InChI=1S/C17H20N4O4S/c1-20-6-5-11(19-20)16(22)18-17-21(7-8-23-2)12-9-13(24-3)14(25-4)10-15(12)26-17/h5-6,9-10H,7-8H2,1-4H3. The van der Waals surface area contributed by atoms with E-state index in [1.54, 1.807) is 45.3 Å². The number of hydrogen-bond donors (Lipinski definition) is 0. The van der Waals surface area contributed by atoms with Gasteiger partial charge in [0.25, 0.3) is 5.91 Å². The van der Waals surface area contributed by atoms with Crippen molar-refractivity contribution in [1.29, 1.82) is 0 Å². The number of rotatable bonds is 6. The molecule has 2 heterocycles. The summed E-state index contributed by atoms with van der Waals surface area (Å²) in [4.78, 5) is 17.3. The van der Waals surface area contributed by atoms with Gasteiger partial charge in [-0.2, -0.15) is 10.1 Å². The number of nitrogens with zero attached hydrogens (tertiary/aromatic N) is 4. The number of aryl methyl sites for hydroxylation is 1. The van der Waals surface area contributed by atoms with Gasteiger partial charge in [0.15, 0.2) is 22.0 Å². The highest BCUT2D eigenvalue weighted by molar-refractivity contribution is 7.16. The van der Waals surface area contributed by atoms with Gasteiger partial charge in [0.1, 0.15) is 0 Å². The number of aromatic nitrogens is 3. The summed E-state index contributed by atoms with van der Waals surface area (Å²) in [5, 5.41) is 4.11. The van der Waals surface area contributed by atoms with E-state index in [1.165, 1.54) is 11.3 Å². The fourth-order valence-electron chi connectivity index (χ4n) is 2.55. The summed E-state index contributed by atoms with van der Waals surface area (Å²) in [6, 6.07) is 5.40. The lowest BCUT2D eigenvalue weighted by molar-refractivity contribution is 0.0992. The lowest BCUT2D eigenvalue weighted by atomic mass is 10.3. The Morgan fingerprint density at radius 2 is 1.96 bits per heavy atom. The highest BCUT2D eigenvalue weighted by Crippen LogP contribution is 2.33. The molecule has 0 aliphatic carbocycles. The van der Waals surface area contributed by atoms with Crippen LogP contribution in [0.15, 0.2) is 29.4 Å². The first-order valence-corrected chi connectivity index (χ1v) is 8.72. The molecule has 8 nitrogen and oxygen atoms in total. The molecule has 0 saturated heterocycles. The van der Waals surface area contributed by atoms with Crippen LogP contribution in [0.3, 0.4) is 0 Å². The first-order chi connectivity index (χ1) is 12.6. The van der Waals surface area contributed by atoms with Gasteiger partial charge in [-0.15, -0.1) is 0 Å². The smallest absolute Gasteiger partial charge is 0.300 e. The van der Waals surface area contributed by atoms with Gasteiger partial charge in [0.05, 0.1) is 31.0 Å². The Balaban J connectivity index is 2.16. The number of methoxy groups -OCH3 is 3. The average molecular weight is 376 g/mol. The number of benzene rings is 1. The fraction of sp³-hybridized carbons (Fsp3) is 0.353. The molecule has 0 bridgehead atoms. The van der Waals surface area contributed by atoms with Crippen molar-refractivity contribution in [2.45, 2.75) is 6.54 Å². The van der Waals surface area contributed by atoms with E-state index in [1.807, 2.05) is 16.7 Å². The zero-order valence-corrected chi connectivity index (χ0v) is 15.9. The van der Waals surface area contributed by atoms with Crippen LogP contribution in [0, 0.1) is 0 Å². The zero-order valence-electron chi connectivity index (χ0n) is 15.1. The maximum Gasteiger partial charge on any atom is 0.300 e. The molecular weight excluding hydrogens is 356 g/mol. The minimum atomic E-state index is -0.387. The number of ether oxygens (including phenoxy) is 3. The monoisotopic (exact) mass is 376 g/mol. The van der Waals surface area contributed by atoms with Crippen LogP contribution >= 0.6 is 11.3 Å². The third-order valence-electron chi connectivity index (χ3n) is 3.84. The Morgan fingerprint density at radius 1 is 1.23 bits per heavy atom. The van der Waals surface area contributed by atoms with Crippen LogP contribution in [0.5, 0.6) is 11.5 Å². The predicted octanol–water partition coefficient (Wildman–Crippen LogP) is 1.84. The molecule has 1 aromatic carbocycles. The highest BCUT2D eigenvalue weighted by atomic mass is 32.1. The van der Waals surface area contributed by atoms with Crippen molar-refractivity contribution in [3.05, 3.63) is 34.9 Å². The minimum Gasteiger partial charge on any atom is -0.493 e. The van der Waals surface area contributed by atoms with E-state index in [0.29, 0.717) is 35.1 Å². The van der Waals surface area contributed by atoms with E-state index < -0.39 is 0 Å². The van der Waals surface area contributed by atoms with Crippen LogP contribution in [-0.2, 0) is 18.3 Å². The van der Waals surface area contributed by atoms with Crippen molar-refractivity contribution in [3.8, 4) is 11.5 Å². The third-order valence-corrected chi connectivity index (χ3v) is 4.88. The van der Waals surface area contributed by atoms with Crippen LogP contribution < -0.4 is 14.3 Å². The van der Waals surface area contributed by atoms with E-state index in [9.17, 15) is 4.79 Å². The van der Waals surface area contributed by atoms with E-state index in [2.05, 4.69) is 10.1 Å². The number of hydrogen-bond acceptors (Lipinski definition) is 6. The van der Waals surface area contributed by atoms with Crippen molar-refractivity contribution in [2.24, 2.45) is 12.0 Å². The van der Waals surface area contributed by atoms with Gasteiger partial charge in [-0.25, -0.2) is 0 Å². The number of amides is 1. The van der Waals surface area contributed by atoms with Gasteiger partial charge in [-0.05, 0) is 6.07 Å². The summed E-state index contributed by atoms with van der Waals surface area (Å²) in [7, 11) is 6.57. The van der Waals surface area contributed by atoms with E-state index >= 15 is 0 Å². The Bertz CT molecular complexity index is 1000. The van der Waals surface area contributed by atoms with Crippen LogP contribution in [0.1, 0.15) is 10.5 Å². The Labute approximate surface area is 154 Å². The summed E-state index contributed by atoms with van der Waals surface area (Å²) in [6.45, 7) is 1.05. The Kier molecular flexibility index (Phi) is 5.38. The first kappa shape index (κ1) is 18.2. The maximum atomic E-state index is 12.4. The van der Waals surface area contributed by atoms with Crippen LogP contribution in [0.4, 0.5) is 0 Å². The summed E-state index contributed by atoms with van der Waals surface area (Å²) in [5.74, 6) is 0.858. The number of carbonyl (C=O) groups excluding carboxylic acids is 1. The lowest BCUT2D eigenvalue weighted by Crippen LogP contribution is -2.19. The molecule has 0 aliphatic heterocycles. The van der Waals surface area contributed by atoms with Crippen molar-refractivity contribution in [2.75, 3.05) is 27.9 Å². The molecular formula is C17H20N4O4S. The maximum absolute atomic E-state index is 12.4. The SMILES string of the molecule is COCCn1c(=NC(=O)c2ccn(C)n2)sc2cc(OC)c(OC)cc21. The second-order valence-electron chi connectivity index (χ2n) is 5.50. The van der Waals surface area contributed by atoms with Crippen molar-refractivity contribution in [1.82, 2.24) is 14.3 Å². The van der Waals surface area contributed by atoms with Crippen molar-refractivity contribution < 1.29 is 19.0 Å². The molecule has 138 valence electrons. The molecule has 0 N–H and O–H groups in total. The predicted molar refractivity (Wildman–Crippen MR) is 97.9 cm³/mol. The number of fused-ring (bicyclic) bond motifs is 1. The molecule has 3 rings (SSSR count). The van der Waals surface area contributed by atoms with E-state index in [4.69, 9.17) is 14.2 Å². The van der Waals surface area contributed by atoms with Crippen molar-refractivity contribution >= 4 is 27.5 Å². The number of carbonyl (C=O) groups is 1. The summed E-state index contributed by atoms with van der Waals surface area (Å²) in [5.41, 5.74) is 1.20. The van der Waals surface area contributed by atoms with E-state index in [0.717, 1.165) is 10.2 Å².